The van der Waals surface area contributed by atoms with Crippen LogP contribution in [0, 0.1) is 0 Å². The zero-order chi connectivity index (χ0) is 21.3. The molecule has 2 N–H and O–H groups in total. The summed E-state index contributed by atoms with van der Waals surface area (Å²) in [6.07, 6.45) is 0.824. The molecular formula is C24H23ClN2O3. The number of carbonyl (C=O) groups excluding carboxylic acids is 2. The van der Waals surface area contributed by atoms with Gasteiger partial charge in [0.15, 0.2) is 0 Å². The van der Waals surface area contributed by atoms with E-state index in [4.69, 9.17) is 16.3 Å². The first kappa shape index (κ1) is 21.4. The van der Waals surface area contributed by atoms with Crippen LogP contribution in [-0.2, 0) is 6.61 Å². The second kappa shape index (κ2) is 10.5. The summed E-state index contributed by atoms with van der Waals surface area (Å²) in [5, 5.41) is 6.05. The van der Waals surface area contributed by atoms with Crippen molar-refractivity contribution in [2.24, 2.45) is 0 Å². The molecule has 6 heteroatoms. The van der Waals surface area contributed by atoms with Crippen molar-refractivity contribution >= 4 is 29.1 Å². The van der Waals surface area contributed by atoms with Crippen molar-refractivity contribution in [1.29, 1.82) is 0 Å². The summed E-state index contributed by atoms with van der Waals surface area (Å²) in [7, 11) is 0. The van der Waals surface area contributed by atoms with Crippen LogP contribution in [0.2, 0.25) is 5.02 Å². The van der Waals surface area contributed by atoms with E-state index in [0.717, 1.165) is 12.0 Å². The molecule has 0 aliphatic heterocycles. The van der Waals surface area contributed by atoms with E-state index in [9.17, 15) is 9.59 Å². The van der Waals surface area contributed by atoms with Gasteiger partial charge in [-0.2, -0.15) is 0 Å². The van der Waals surface area contributed by atoms with E-state index in [0.29, 0.717) is 40.7 Å². The molecule has 3 aromatic carbocycles. The van der Waals surface area contributed by atoms with Gasteiger partial charge in [-0.3, -0.25) is 9.59 Å². The lowest BCUT2D eigenvalue weighted by atomic mass is 10.1. The molecule has 0 unspecified atom stereocenters. The van der Waals surface area contributed by atoms with Crippen molar-refractivity contribution in [3.8, 4) is 5.75 Å². The lowest BCUT2D eigenvalue weighted by Crippen LogP contribution is -2.25. The van der Waals surface area contributed by atoms with Gasteiger partial charge in [-0.15, -0.1) is 0 Å². The summed E-state index contributed by atoms with van der Waals surface area (Å²) in [6.45, 7) is 2.86. The number of hydrogen-bond donors (Lipinski definition) is 2. The van der Waals surface area contributed by atoms with E-state index in [1.54, 1.807) is 42.5 Å². The van der Waals surface area contributed by atoms with E-state index in [-0.39, 0.29) is 5.91 Å². The number of amides is 2. The minimum atomic E-state index is -0.406. The Hall–Kier alpha value is -3.31. The molecule has 0 heterocycles. The third-order valence-electron chi connectivity index (χ3n) is 4.38. The SMILES string of the molecule is CCCNC(=O)c1ccccc1NC(=O)c1cc(Cl)ccc1OCc1ccccc1. The summed E-state index contributed by atoms with van der Waals surface area (Å²) in [6, 6.07) is 21.4. The molecule has 154 valence electrons. The van der Waals surface area contributed by atoms with Crippen molar-refractivity contribution in [3.05, 3.63) is 94.5 Å². The summed E-state index contributed by atoms with van der Waals surface area (Å²) in [5.41, 5.74) is 2.09. The van der Waals surface area contributed by atoms with Crippen LogP contribution in [0.15, 0.2) is 72.8 Å². The summed E-state index contributed by atoms with van der Waals surface area (Å²) < 4.78 is 5.87. The highest BCUT2D eigenvalue weighted by atomic mass is 35.5. The summed E-state index contributed by atoms with van der Waals surface area (Å²) >= 11 is 6.12. The van der Waals surface area contributed by atoms with Crippen LogP contribution in [0.4, 0.5) is 5.69 Å². The first-order chi connectivity index (χ1) is 14.6. The number of anilines is 1. The maximum absolute atomic E-state index is 13.0. The van der Waals surface area contributed by atoms with Crippen LogP contribution in [0.25, 0.3) is 0 Å². The number of carbonyl (C=O) groups is 2. The lowest BCUT2D eigenvalue weighted by Gasteiger charge is -2.14. The number of hydrogen-bond acceptors (Lipinski definition) is 3. The molecule has 0 aliphatic rings. The van der Waals surface area contributed by atoms with Crippen LogP contribution in [0.1, 0.15) is 39.6 Å². The number of halogens is 1. The van der Waals surface area contributed by atoms with Crippen molar-refractivity contribution < 1.29 is 14.3 Å². The Morgan fingerprint density at radius 1 is 0.900 bits per heavy atom. The van der Waals surface area contributed by atoms with Gasteiger partial charge in [0.05, 0.1) is 16.8 Å². The Morgan fingerprint density at radius 3 is 2.40 bits per heavy atom. The minimum absolute atomic E-state index is 0.237. The average molecular weight is 423 g/mol. The molecule has 2 amide bonds. The standard InChI is InChI=1S/C24H23ClN2O3/c1-2-14-26-23(28)19-10-6-7-11-21(19)27-24(29)20-15-18(25)12-13-22(20)30-16-17-8-4-3-5-9-17/h3-13,15H,2,14,16H2,1H3,(H,26,28)(H,27,29). The highest BCUT2D eigenvalue weighted by Crippen LogP contribution is 2.26. The molecule has 0 saturated heterocycles. The maximum Gasteiger partial charge on any atom is 0.259 e. The van der Waals surface area contributed by atoms with Gasteiger partial charge in [0.2, 0.25) is 0 Å². The van der Waals surface area contributed by atoms with Crippen LogP contribution in [0.5, 0.6) is 5.75 Å². The number of para-hydroxylation sites is 1. The third-order valence-corrected chi connectivity index (χ3v) is 4.61. The van der Waals surface area contributed by atoms with Gasteiger partial charge in [0.25, 0.3) is 11.8 Å². The molecule has 0 fully saturated rings. The minimum Gasteiger partial charge on any atom is -0.488 e. The topological polar surface area (TPSA) is 67.4 Å². The molecule has 0 atom stereocenters. The molecule has 0 bridgehead atoms. The molecule has 30 heavy (non-hydrogen) atoms. The average Bonchev–Trinajstić information content (AvgIpc) is 2.77. The Labute approximate surface area is 181 Å². The monoisotopic (exact) mass is 422 g/mol. The molecule has 0 radical (unpaired) electrons. The molecule has 5 nitrogen and oxygen atoms in total. The van der Waals surface area contributed by atoms with Crippen LogP contribution >= 0.6 is 11.6 Å². The largest absolute Gasteiger partial charge is 0.488 e. The molecule has 0 spiro atoms. The zero-order valence-electron chi connectivity index (χ0n) is 16.7. The number of benzene rings is 3. The van der Waals surface area contributed by atoms with Crippen molar-refractivity contribution in [1.82, 2.24) is 5.32 Å². The highest BCUT2D eigenvalue weighted by molar-refractivity contribution is 6.31. The normalized spacial score (nSPS) is 10.3. The molecule has 3 rings (SSSR count). The first-order valence-electron chi connectivity index (χ1n) is 9.73. The zero-order valence-corrected chi connectivity index (χ0v) is 17.4. The quantitative estimate of drug-likeness (QED) is 0.516. The Bertz CT molecular complexity index is 1020. The van der Waals surface area contributed by atoms with E-state index in [1.807, 2.05) is 37.3 Å². The van der Waals surface area contributed by atoms with Gasteiger partial charge in [0, 0.05) is 11.6 Å². The van der Waals surface area contributed by atoms with E-state index < -0.39 is 5.91 Å². The molecule has 0 aliphatic carbocycles. The second-order valence-electron chi connectivity index (χ2n) is 6.67. The fraction of sp³-hybridized carbons (Fsp3) is 0.167. The molecular weight excluding hydrogens is 400 g/mol. The Balaban J connectivity index is 1.80. The Morgan fingerprint density at radius 2 is 1.63 bits per heavy atom. The number of rotatable bonds is 8. The van der Waals surface area contributed by atoms with Gasteiger partial charge in [-0.05, 0) is 42.3 Å². The first-order valence-corrected chi connectivity index (χ1v) is 10.1. The van der Waals surface area contributed by atoms with E-state index in [2.05, 4.69) is 10.6 Å². The van der Waals surface area contributed by atoms with E-state index in [1.165, 1.54) is 0 Å². The summed E-state index contributed by atoms with van der Waals surface area (Å²) in [4.78, 5) is 25.4. The summed E-state index contributed by atoms with van der Waals surface area (Å²) in [5.74, 6) is -0.232. The van der Waals surface area contributed by atoms with Crippen LogP contribution < -0.4 is 15.4 Å². The smallest absolute Gasteiger partial charge is 0.259 e. The molecule has 3 aromatic rings. The van der Waals surface area contributed by atoms with Gasteiger partial charge in [0.1, 0.15) is 12.4 Å². The maximum atomic E-state index is 13.0. The number of nitrogens with one attached hydrogen (secondary N) is 2. The van der Waals surface area contributed by atoms with Gasteiger partial charge >= 0.3 is 0 Å². The van der Waals surface area contributed by atoms with Crippen LogP contribution in [-0.4, -0.2) is 18.4 Å². The Kier molecular flexibility index (Phi) is 7.46. The van der Waals surface area contributed by atoms with E-state index >= 15 is 0 Å². The fourth-order valence-corrected chi connectivity index (χ4v) is 3.03. The highest BCUT2D eigenvalue weighted by Gasteiger charge is 2.17. The van der Waals surface area contributed by atoms with Crippen molar-refractivity contribution in [2.45, 2.75) is 20.0 Å². The van der Waals surface area contributed by atoms with Crippen molar-refractivity contribution in [2.75, 3.05) is 11.9 Å². The second-order valence-corrected chi connectivity index (χ2v) is 7.11. The van der Waals surface area contributed by atoms with Gasteiger partial charge in [-0.1, -0.05) is 61.0 Å². The van der Waals surface area contributed by atoms with Crippen molar-refractivity contribution in [3.63, 3.8) is 0 Å². The van der Waals surface area contributed by atoms with Crippen LogP contribution in [0.3, 0.4) is 0 Å². The fourth-order valence-electron chi connectivity index (χ4n) is 2.85. The number of ether oxygens (including phenoxy) is 1. The molecule has 0 saturated carbocycles. The van der Waals surface area contributed by atoms with Gasteiger partial charge < -0.3 is 15.4 Å². The predicted octanol–water partition coefficient (Wildman–Crippen LogP) is 5.31. The lowest BCUT2D eigenvalue weighted by molar-refractivity contribution is 0.0954. The molecule has 0 aromatic heterocycles. The van der Waals surface area contributed by atoms with Gasteiger partial charge in [-0.25, -0.2) is 0 Å². The predicted molar refractivity (Wildman–Crippen MR) is 119 cm³/mol. The third kappa shape index (κ3) is 5.61.